The van der Waals surface area contributed by atoms with Crippen LogP contribution in [-0.4, -0.2) is 64.6 Å². The smallest absolute Gasteiger partial charge is 0.326 e. The number of carbonyl (C=O) groups excluding carboxylic acids is 2. The molecule has 12 heteroatoms. The molecule has 0 spiro atoms. The second kappa shape index (κ2) is 13.3. The van der Waals surface area contributed by atoms with Crippen LogP contribution in [0, 0.1) is 5.92 Å². The summed E-state index contributed by atoms with van der Waals surface area (Å²) in [5.41, 5.74) is 16.2. The van der Waals surface area contributed by atoms with Gasteiger partial charge in [-0.05, 0) is 25.2 Å². The third kappa shape index (κ3) is 10.9. The molecule has 0 saturated carbocycles. The molecule has 166 valence electrons. The third-order valence-electron chi connectivity index (χ3n) is 4.36. The molecule has 0 fully saturated rings. The van der Waals surface area contributed by atoms with Gasteiger partial charge >= 0.3 is 11.9 Å². The van der Waals surface area contributed by atoms with Gasteiger partial charge in [-0.1, -0.05) is 20.3 Å². The van der Waals surface area contributed by atoms with Gasteiger partial charge in [-0.15, -0.1) is 0 Å². The number of aliphatic carboxylic acids is 2. The summed E-state index contributed by atoms with van der Waals surface area (Å²) in [6, 6.07) is -3.31. The molecule has 0 aliphatic rings. The van der Waals surface area contributed by atoms with Crippen LogP contribution < -0.4 is 27.8 Å². The number of nitrogens with two attached hydrogens (primary N) is 3. The summed E-state index contributed by atoms with van der Waals surface area (Å²) >= 11 is 0. The first kappa shape index (κ1) is 26.1. The predicted molar refractivity (Wildman–Crippen MR) is 106 cm³/mol. The quantitative estimate of drug-likeness (QED) is 0.0975. The van der Waals surface area contributed by atoms with Crippen molar-refractivity contribution in [3.8, 4) is 0 Å². The number of carboxylic acids is 2. The van der Waals surface area contributed by atoms with Crippen molar-refractivity contribution in [3.05, 3.63) is 0 Å². The highest BCUT2D eigenvalue weighted by Crippen LogP contribution is 2.09. The fourth-order valence-electron chi connectivity index (χ4n) is 2.40. The number of rotatable bonds is 14. The number of guanidine groups is 1. The molecule has 0 rings (SSSR count). The van der Waals surface area contributed by atoms with Crippen LogP contribution in [0.3, 0.4) is 0 Å². The number of carboxylic acid groups (broad SMARTS) is 2. The van der Waals surface area contributed by atoms with E-state index in [2.05, 4.69) is 15.6 Å². The first-order valence-corrected chi connectivity index (χ1v) is 9.35. The van der Waals surface area contributed by atoms with Crippen molar-refractivity contribution < 1.29 is 29.4 Å². The number of amides is 2. The number of carbonyl (C=O) groups is 4. The van der Waals surface area contributed by atoms with Crippen molar-refractivity contribution in [2.24, 2.45) is 28.1 Å². The first-order valence-electron chi connectivity index (χ1n) is 9.35. The van der Waals surface area contributed by atoms with Gasteiger partial charge in [0, 0.05) is 13.0 Å². The van der Waals surface area contributed by atoms with Crippen LogP contribution >= 0.6 is 0 Å². The second-order valence-corrected chi connectivity index (χ2v) is 6.76. The number of hydrogen-bond acceptors (Lipinski definition) is 6. The highest BCUT2D eigenvalue weighted by molar-refractivity contribution is 5.92. The molecule has 12 nitrogen and oxygen atoms in total. The SMILES string of the molecule is CC[C@H](C)[C@H](NC(=O)[C@H](CCCN=C(N)N)NC(=O)[C@@H](N)CCC(=O)O)C(=O)O. The zero-order valence-corrected chi connectivity index (χ0v) is 16.8. The number of aliphatic imine (C=N–C) groups is 1. The van der Waals surface area contributed by atoms with Crippen LogP contribution in [0.5, 0.6) is 0 Å². The Bertz CT molecular complexity index is 607. The van der Waals surface area contributed by atoms with Crippen LogP contribution in [0.1, 0.15) is 46.0 Å². The normalized spacial score (nSPS) is 14.7. The van der Waals surface area contributed by atoms with Gasteiger partial charge in [0.1, 0.15) is 12.1 Å². The molecule has 4 atom stereocenters. The molecule has 0 aromatic heterocycles. The lowest BCUT2D eigenvalue weighted by atomic mass is 9.98. The standard InChI is InChI=1S/C17H32N6O6/c1-3-9(2)13(16(28)29)23-15(27)11(5-4-8-21-17(19)20)22-14(26)10(18)6-7-12(24)25/h9-11,13H,3-8,18H2,1-2H3,(H,22,26)(H,23,27)(H,24,25)(H,28,29)(H4,19,20,21)/t9-,10-,11-,13-/m0/s1. The lowest BCUT2D eigenvalue weighted by molar-refractivity contribution is -0.143. The van der Waals surface area contributed by atoms with Gasteiger partial charge in [0.25, 0.3) is 0 Å². The molecule has 0 aliphatic heterocycles. The highest BCUT2D eigenvalue weighted by atomic mass is 16.4. The molecule has 0 aromatic rings. The van der Waals surface area contributed by atoms with Gasteiger partial charge in [0.15, 0.2) is 5.96 Å². The highest BCUT2D eigenvalue weighted by Gasteiger charge is 2.30. The molecule has 0 unspecified atom stereocenters. The monoisotopic (exact) mass is 416 g/mol. The lowest BCUT2D eigenvalue weighted by Gasteiger charge is -2.25. The average molecular weight is 416 g/mol. The van der Waals surface area contributed by atoms with E-state index in [0.717, 1.165) is 0 Å². The predicted octanol–water partition coefficient (Wildman–Crippen LogP) is -1.67. The van der Waals surface area contributed by atoms with Crippen LogP contribution in [0.15, 0.2) is 4.99 Å². The number of nitrogens with zero attached hydrogens (tertiary/aromatic N) is 1. The fourth-order valence-corrected chi connectivity index (χ4v) is 2.40. The summed E-state index contributed by atoms with van der Waals surface area (Å²) in [5.74, 6) is -4.11. The minimum atomic E-state index is -1.18. The Balaban J connectivity index is 5.17. The summed E-state index contributed by atoms with van der Waals surface area (Å²) in [5, 5.41) is 22.9. The Hall–Kier alpha value is -2.89. The fraction of sp³-hybridized carbons (Fsp3) is 0.706. The third-order valence-corrected chi connectivity index (χ3v) is 4.36. The molecule has 2 amide bonds. The van der Waals surface area contributed by atoms with E-state index >= 15 is 0 Å². The van der Waals surface area contributed by atoms with Gasteiger partial charge < -0.3 is 38.0 Å². The topological polar surface area (TPSA) is 223 Å². The van der Waals surface area contributed by atoms with Crippen LogP contribution in [0.2, 0.25) is 0 Å². The van der Waals surface area contributed by atoms with Crippen molar-refractivity contribution in [1.82, 2.24) is 10.6 Å². The van der Waals surface area contributed by atoms with Crippen molar-refractivity contribution >= 4 is 29.7 Å². The Morgan fingerprint density at radius 2 is 1.66 bits per heavy atom. The number of hydrogen-bond donors (Lipinski definition) is 7. The van der Waals surface area contributed by atoms with Gasteiger partial charge in [0.05, 0.1) is 6.04 Å². The van der Waals surface area contributed by atoms with E-state index in [-0.39, 0.29) is 37.7 Å². The van der Waals surface area contributed by atoms with E-state index < -0.39 is 41.9 Å². The molecule has 29 heavy (non-hydrogen) atoms. The minimum absolute atomic E-state index is 0.103. The van der Waals surface area contributed by atoms with E-state index in [4.69, 9.17) is 22.3 Å². The Labute approximate surface area is 169 Å². The zero-order valence-electron chi connectivity index (χ0n) is 16.8. The van der Waals surface area contributed by atoms with Crippen molar-refractivity contribution in [2.75, 3.05) is 6.54 Å². The first-order chi connectivity index (χ1) is 13.5. The molecule has 0 heterocycles. The Morgan fingerprint density at radius 1 is 1.03 bits per heavy atom. The number of nitrogens with one attached hydrogen (secondary N) is 2. The molecule has 0 radical (unpaired) electrons. The Kier molecular flexibility index (Phi) is 12.0. The van der Waals surface area contributed by atoms with E-state index in [0.29, 0.717) is 12.8 Å². The largest absolute Gasteiger partial charge is 0.481 e. The van der Waals surface area contributed by atoms with Gasteiger partial charge in [-0.25, -0.2) is 4.79 Å². The maximum Gasteiger partial charge on any atom is 0.326 e. The maximum absolute atomic E-state index is 12.6. The van der Waals surface area contributed by atoms with Crippen LogP contribution in [-0.2, 0) is 19.2 Å². The van der Waals surface area contributed by atoms with Crippen molar-refractivity contribution in [2.45, 2.75) is 64.1 Å². The van der Waals surface area contributed by atoms with Crippen LogP contribution in [0.25, 0.3) is 0 Å². The Morgan fingerprint density at radius 3 is 2.14 bits per heavy atom. The second-order valence-electron chi connectivity index (χ2n) is 6.76. The van der Waals surface area contributed by atoms with Crippen molar-refractivity contribution in [1.29, 1.82) is 0 Å². The molecule has 0 aromatic carbocycles. The minimum Gasteiger partial charge on any atom is -0.481 e. The molecule has 0 bridgehead atoms. The molecule has 0 saturated heterocycles. The molecule has 10 N–H and O–H groups in total. The van der Waals surface area contributed by atoms with Gasteiger partial charge in [-0.3, -0.25) is 19.4 Å². The van der Waals surface area contributed by atoms with E-state index in [9.17, 15) is 24.3 Å². The molecule has 0 aliphatic carbocycles. The van der Waals surface area contributed by atoms with Gasteiger partial charge in [0.2, 0.25) is 11.8 Å². The lowest BCUT2D eigenvalue weighted by Crippen LogP contribution is -2.55. The van der Waals surface area contributed by atoms with E-state index in [1.54, 1.807) is 13.8 Å². The van der Waals surface area contributed by atoms with Crippen molar-refractivity contribution in [3.63, 3.8) is 0 Å². The summed E-state index contributed by atoms with van der Waals surface area (Å²) in [6.45, 7) is 3.69. The van der Waals surface area contributed by atoms with Gasteiger partial charge in [-0.2, -0.15) is 0 Å². The van der Waals surface area contributed by atoms with Crippen LogP contribution in [0.4, 0.5) is 0 Å². The summed E-state index contributed by atoms with van der Waals surface area (Å²) in [7, 11) is 0. The van der Waals surface area contributed by atoms with E-state index in [1.807, 2.05) is 0 Å². The average Bonchev–Trinajstić information content (AvgIpc) is 2.64. The zero-order chi connectivity index (χ0) is 22.6. The molecular weight excluding hydrogens is 384 g/mol. The molecular formula is C17H32N6O6. The maximum atomic E-state index is 12.6. The summed E-state index contributed by atoms with van der Waals surface area (Å²) in [6.07, 6.45) is 0.590. The summed E-state index contributed by atoms with van der Waals surface area (Å²) in [4.78, 5) is 50.7. The summed E-state index contributed by atoms with van der Waals surface area (Å²) < 4.78 is 0. The van der Waals surface area contributed by atoms with E-state index in [1.165, 1.54) is 0 Å².